The molecular weight excluding hydrogens is 220 g/mol. The maximum absolute atomic E-state index is 11.5. The Morgan fingerprint density at radius 1 is 0.941 bits per heavy atom. The molecule has 0 aromatic rings. The third-order valence-corrected chi connectivity index (χ3v) is 3.56. The predicted molar refractivity (Wildman–Crippen MR) is 62.7 cm³/mol. The first-order valence-electron chi connectivity index (χ1n) is 6.42. The highest BCUT2D eigenvalue weighted by Crippen LogP contribution is 2.27. The van der Waals surface area contributed by atoms with Gasteiger partial charge in [-0.2, -0.15) is 0 Å². The Balaban J connectivity index is 1.64. The van der Waals surface area contributed by atoms with Crippen LogP contribution in [0.2, 0.25) is 0 Å². The Morgan fingerprint density at radius 2 is 1.41 bits per heavy atom. The molecule has 0 heterocycles. The van der Waals surface area contributed by atoms with E-state index in [0.717, 1.165) is 38.5 Å². The monoisotopic (exact) mass is 240 g/mol. The molecule has 5 heteroatoms. The van der Waals surface area contributed by atoms with E-state index in [-0.39, 0.29) is 24.4 Å². The summed E-state index contributed by atoms with van der Waals surface area (Å²) >= 11 is 0. The van der Waals surface area contributed by atoms with Crippen LogP contribution in [0.4, 0.5) is 4.79 Å². The number of hydrogen-bond acceptors (Lipinski definition) is 2. The fourth-order valence-electron chi connectivity index (χ4n) is 2.40. The van der Waals surface area contributed by atoms with E-state index < -0.39 is 5.97 Å². The van der Waals surface area contributed by atoms with Gasteiger partial charge in [0.25, 0.3) is 0 Å². The van der Waals surface area contributed by atoms with E-state index in [2.05, 4.69) is 10.6 Å². The van der Waals surface area contributed by atoms with Crippen LogP contribution in [0.5, 0.6) is 0 Å². The molecule has 0 unspecified atom stereocenters. The molecule has 17 heavy (non-hydrogen) atoms. The maximum atomic E-state index is 11.5. The predicted octanol–water partition coefficient (Wildman–Crippen LogP) is 1.48. The molecule has 0 aromatic carbocycles. The van der Waals surface area contributed by atoms with E-state index in [1.54, 1.807) is 0 Å². The van der Waals surface area contributed by atoms with Crippen molar-refractivity contribution >= 4 is 12.0 Å². The fraction of sp³-hybridized carbons (Fsp3) is 0.833. The molecule has 2 aliphatic rings. The van der Waals surface area contributed by atoms with E-state index in [1.165, 1.54) is 0 Å². The number of urea groups is 1. The Morgan fingerprint density at radius 3 is 1.82 bits per heavy atom. The Kier molecular flexibility index (Phi) is 3.86. The van der Waals surface area contributed by atoms with E-state index in [4.69, 9.17) is 5.11 Å². The number of amides is 2. The summed E-state index contributed by atoms with van der Waals surface area (Å²) < 4.78 is 0. The van der Waals surface area contributed by atoms with Crippen LogP contribution in [-0.4, -0.2) is 29.2 Å². The zero-order chi connectivity index (χ0) is 12.3. The number of carboxylic acids is 1. The highest BCUT2D eigenvalue weighted by molar-refractivity contribution is 5.74. The molecule has 0 radical (unpaired) electrons. The number of hydrogen-bond donors (Lipinski definition) is 3. The van der Waals surface area contributed by atoms with Crippen LogP contribution < -0.4 is 10.6 Å². The van der Waals surface area contributed by atoms with Gasteiger partial charge in [-0.25, -0.2) is 4.79 Å². The summed E-state index contributed by atoms with van der Waals surface area (Å²) in [6.07, 6.45) is 6.06. The second-order valence-corrected chi connectivity index (χ2v) is 5.21. The topological polar surface area (TPSA) is 78.4 Å². The molecule has 2 amide bonds. The smallest absolute Gasteiger partial charge is 0.315 e. The Labute approximate surface area is 101 Å². The van der Waals surface area contributed by atoms with Crippen LogP contribution in [0, 0.1) is 5.92 Å². The van der Waals surface area contributed by atoms with Crippen molar-refractivity contribution in [3.63, 3.8) is 0 Å². The van der Waals surface area contributed by atoms with Gasteiger partial charge >= 0.3 is 12.0 Å². The lowest BCUT2D eigenvalue weighted by atomic mass is 9.84. The average Bonchev–Trinajstić information content (AvgIpc) is 3.04. The van der Waals surface area contributed by atoms with Crippen LogP contribution >= 0.6 is 0 Å². The lowest BCUT2D eigenvalue weighted by Crippen LogP contribution is -2.44. The van der Waals surface area contributed by atoms with Crippen LogP contribution in [0.3, 0.4) is 0 Å². The van der Waals surface area contributed by atoms with E-state index in [0.29, 0.717) is 6.04 Å². The van der Waals surface area contributed by atoms with Gasteiger partial charge < -0.3 is 15.7 Å². The fourth-order valence-corrected chi connectivity index (χ4v) is 2.40. The van der Waals surface area contributed by atoms with Crippen molar-refractivity contribution in [2.75, 3.05) is 0 Å². The Hall–Kier alpha value is -1.26. The summed E-state index contributed by atoms with van der Waals surface area (Å²) in [4.78, 5) is 22.1. The summed E-state index contributed by atoms with van der Waals surface area (Å²) in [6, 6.07) is 0.548. The summed E-state index contributed by atoms with van der Waals surface area (Å²) in [5, 5.41) is 14.6. The van der Waals surface area contributed by atoms with Crippen molar-refractivity contribution in [1.82, 2.24) is 10.6 Å². The first-order chi connectivity index (χ1) is 8.13. The third kappa shape index (κ3) is 4.24. The number of aliphatic carboxylic acids is 1. The van der Waals surface area contributed by atoms with Gasteiger partial charge in [0.1, 0.15) is 0 Å². The second-order valence-electron chi connectivity index (χ2n) is 5.21. The molecule has 0 spiro atoms. The van der Waals surface area contributed by atoms with Gasteiger partial charge in [0, 0.05) is 18.5 Å². The second kappa shape index (κ2) is 5.38. The first-order valence-corrected chi connectivity index (χ1v) is 6.42. The molecule has 0 aromatic heterocycles. The Bertz CT molecular complexity index is 294. The first kappa shape index (κ1) is 12.2. The van der Waals surface area contributed by atoms with Crippen LogP contribution in [0.1, 0.15) is 44.9 Å². The number of carbonyl (C=O) groups is 2. The number of carbonyl (C=O) groups excluding carboxylic acids is 1. The quantitative estimate of drug-likeness (QED) is 0.696. The lowest BCUT2D eigenvalue weighted by molar-refractivity contribution is -0.138. The minimum Gasteiger partial charge on any atom is -0.481 e. The van der Waals surface area contributed by atoms with Crippen molar-refractivity contribution < 1.29 is 14.7 Å². The SMILES string of the molecule is O=C(O)CC1CCC(NC(=O)NC2CC2)CC1. The van der Waals surface area contributed by atoms with Crippen molar-refractivity contribution in [2.24, 2.45) is 5.92 Å². The normalized spacial score (nSPS) is 28.5. The van der Waals surface area contributed by atoms with Gasteiger partial charge in [-0.15, -0.1) is 0 Å². The molecule has 2 aliphatic carbocycles. The molecule has 3 N–H and O–H groups in total. The molecule has 96 valence electrons. The van der Waals surface area contributed by atoms with Crippen LogP contribution in [0.15, 0.2) is 0 Å². The third-order valence-electron chi connectivity index (χ3n) is 3.56. The molecule has 2 fully saturated rings. The zero-order valence-electron chi connectivity index (χ0n) is 9.95. The zero-order valence-corrected chi connectivity index (χ0v) is 9.95. The van der Waals surface area contributed by atoms with Crippen molar-refractivity contribution in [2.45, 2.75) is 57.0 Å². The summed E-state index contributed by atoms with van der Waals surface area (Å²) in [7, 11) is 0. The maximum Gasteiger partial charge on any atom is 0.315 e. The standard InChI is InChI=1S/C12H20N2O3/c15-11(16)7-8-1-3-9(4-2-8)13-12(17)14-10-5-6-10/h8-10H,1-7H2,(H,15,16)(H2,13,14,17). The van der Waals surface area contributed by atoms with Gasteiger partial charge in [0.2, 0.25) is 0 Å². The van der Waals surface area contributed by atoms with E-state index >= 15 is 0 Å². The van der Waals surface area contributed by atoms with E-state index in [1.807, 2.05) is 0 Å². The van der Waals surface area contributed by atoms with Crippen LogP contribution in [-0.2, 0) is 4.79 Å². The summed E-state index contributed by atoms with van der Waals surface area (Å²) in [5.41, 5.74) is 0. The van der Waals surface area contributed by atoms with Gasteiger partial charge in [-0.1, -0.05) is 0 Å². The number of rotatable bonds is 4. The minimum atomic E-state index is -0.715. The molecule has 0 saturated heterocycles. The summed E-state index contributed by atoms with van der Waals surface area (Å²) in [6.45, 7) is 0. The van der Waals surface area contributed by atoms with Gasteiger partial charge in [0.15, 0.2) is 0 Å². The van der Waals surface area contributed by atoms with E-state index in [9.17, 15) is 9.59 Å². The average molecular weight is 240 g/mol. The molecule has 0 bridgehead atoms. The molecular formula is C12H20N2O3. The van der Waals surface area contributed by atoms with Crippen LogP contribution in [0.25, 0.3) is 0 Å². The molecule has 0 atom stereocenters. The minimum absolute atomic E-state index is 0.0609. The van der Waals surface area contributed by atoms with Gasteiger partial charge in [-0.3, -0.25) is 4.79 Å². The highest BCUT2D eigenvalue weighted by atomic mass is 16.4. The van der Waals surface area contributed by atoms with Crippen molar-refractivity contribution in [1.29, 1.82) is 0 Å². The van der Waals surface area contributed by atoms with Crippen molar-refractivity contribution in [3.05, 3.63) is 0 Å². The molecule has 2 saturated carbocycles. The van der Waals surface area contributed by atoms with Crippen molar-refractivity contribution in [3.8, 4) is 0 Å². The molecule has 0 aliphatic heterocycles. The van der Waals surface area contributed by atoms with Gasteiger partial charge in [-0.05, 0) is 44.4 Å². The molecule has 2 rings (SSSR count). The summed E-state index contributed by atoms with van der Waals surface area (Å²) in [5.74, 6) is -0.426. The number of nitrogens with one attached hydrogen (secondary N) is 2. The molecule has 5 nitrogen and oxygen atoms in total. The highest BCUT2D eigenvalue weighted by Gasteiger charge is 2.26. The lowest BCUT2D eigenvalue weighted by Gasteiger charge is -2.28. The largest absolute Gasteiger partial charge is 0.481 e. The number of carboxylic acid groups (broad SMARTS) is 1. The van der Waals surface area contributed by atoms with Gasteiger partial charge in [0.05, 0.1) is 0 Å².